The molecule has 1 aliphatic heterocycles. The van der Waals surface area contributed by atoms with Crippen LogP contribution >= 0.6 is 11.8 Å². The van der Waals surface area contributed by atoms with E-state index in [9.17, 15) is 13.2 Å². The summed E-state index contributed by atoms with van der Waals surface area (Å²) in [6, 6.07) is 15.4. The number of halogens is 3. The van der Waals surface area contributed by atoms with Crippen LogP contribution in [0.1, 0.15) is 96.0 Å². The Labute approximate surface area is 288 Å². The first-order valence-electron chi connectivity index (χ1n) is 16.7. The van der Waals surface area contributed by atoms with Crippen molar-refractivity contribution in [3.8, 4) is 11.3 Å². The quantitative estimate of drug-likeness (QED) is 0.152. The second-order valence-corrected chi connectivity index (χ2v) is 13.0. The molecule has 0 aliphatic carbocycles. The van der Waals surface area contributed by atoms with Gasteiger partial charge >= 0.3 is 6.18 Å². The van der Waals surface area contributed by atoms with Gasteiger partial charge in [-0.3, -0.25) is 4.99 Å². The fourth-order valence-corrected chi connectivity index (χ4v) is 6.53. The molecule has 0 radical (unpaired) electrons. The van der Waals surface area contributed by atoms with Gasteiger partial charge < -0.3 is 15.0 Å². The average Bonchev–Trinajstić information content (AvgIpc) is 3.67. The molecule has 1 aromatic heterocycles. The Morgan fingerprint density at radius 2 is 1.75 bits per heavy atom. The number of aliphatic imine (C=N–C) groups is 1. The Balaban J connectivity index is 0.000000267. The Morgan fingerprint density at radius 3 is 2.31 bits per heavy atom. The molecule has 2 aromatic carbocycles. The normalized spacial score (nSPS) is 18.0. The van der Waals surface area contributed by atoms with Crippen LogP contribution < -0.4 is 5.73 Å². The predicted molar refractivity (Wildman–Crippen MR) is 195 cm³/mol. The van der Waals surface area contributed by atoms with E-state index < -0.39 is 11.7 Å². The molecular formula is C39H50F3N3O2S. The summed E-state index contributed by atoms with van der Waals surface area (Å²) in [4.78, 5) is 4.39. The van der Waals surface area contributed by atoms with Crippen molar-refractivity contribution >= 4 is 23.5 Å². The largest absolute Gasteiger partial charge is 0.416 e. The lowest BCUT2D eigenvalue weighted by molar-refractivity contribution is -0.137. The number of benzene rings is 2. The first-order valence-corrected chi connectivity index (χ1v) is 17.8. The van der Waals surface area contributed by atoms with E-state index >= 15 is 0 Å². The van der Waals surface area contributed by atoms with E-state index in [1.807, 2.05) is 70.7 Å². The number of nitrogens with zero attached hydrogens (tertiary/aromatic N) is 2. The van der Waals surface area contributed by atoms with Crippen molar-refractivity contribution in [2.45, 2.75) is 105 Å². The second-order valence-electron chi connectivity index (χ2n) is 12.0. The van der Waals surface area contributed by atoms with Crippen molar-refractivity contribution in [2.24, 2.45) is 10.7 Å². The summed E-state index contributed by atoms with van der Waals surface area (Å²) in [6.07, 6.45) is 5.06. The number of alkyl halides is 3. The number of thioether (sulfide) groups is 1. The summed E-state index contributed by atoms with van der Waals surface area (Å²) in [5.74, 6) is 2.87. The maximum Gasteiger partial charge on any atom is 0.416 e. The number of ether oxygens (including phenoxy) is 1. The van der Waals surface area contributed by atoms with Gasteiger partial charge in [-0.1, -0.05) is 74.0 Å². The number of nitrogens with two attached hydrogens (primary N) is 1. The van der Waals surface area contributed by atoms with Crippen molar-refractivity contribution < 1.29 is 22.4 Å². The van der Waals surface area contributed by atoms with Crippen molar-refractivity contribution in [1.82, 2.24) is 5.16 Å². The number of aryl methyl sites for hydroxylation is 1. The van der Waals surface area contributed by atoms with E-state index in [0.717, 1.165) is 82.3 Å². The van der Waals surface area contributed by atoms with Gasteiger partial charge in [0.15, 0.2) is 5.76 Å². The first-order chi connectivity index (χ1) is 22.9. The average molecular weight is 682 g/mol. The topological polar surface area (TPSA) is 73.6 Å². The van der Waals surface area contributed by atoms with Crippen molar-refractivity contribution in [2.75, 3.05) is 5.75 Å². The van der Waals surface area contributed by atoms with Gasteiger partial charge in [0.1, 0.15) is 0 Å². The molecule has 9 heteroatoms. The van der Waals surface area contributed by atoms with Crippen LogP contribution in [-0.2, 0) is 16.7 Å². The van der Waals surface area contributed by atoms with Gasteiger partial charge in [0, 0.05) is 45.8 Å². The molecule has 0 bridgehead atoms. The predicted octanol–water partition coefficient (Wildman–Crippen LogP) is 11.3. The molecule has 1 saturated heterocycles. The van der Waals surface area contributed by atoms with Gasteiger partial charge in [0.05, 0.1) is 23.5 Å². The molecule has 5 nitrogen and oxygen atoms in total. The minimum Gasteiger partial charge on any atom is -0.398 e. The molecule has 1 aliphatic rings. The molecule has 0 amide bonds. The molecule has 2 N–H and O–H groups in total. The highest BCUT2D eigenvalue weighted by molar-refractivity contribution is 7.98. The number of allylic oxidation sites excluding steroid dienone is 4. The zero-order valence-electron chi connectivity index (χ0n) is 29.3. The van der Waals surface area contributed by atoms with Gasteiger partial charge in [-0.25, -0.2) is 0 Å². The van der Waals surface area contributed by atoms with Gasteiger partial charge in [-0.15, -0.1) is 0 Å². The zero-order valence-corrected chi connectivity index (χ0v) is 30.1. The van der Waals surface area contributed by atoms with E-state index in [2.05, 4.69) is 36.1 Å². The Kier molecular flexibility index (Phi) is 15.3. The summed E-state index contributed by atoms with van der Waals surface area (Å²) >= 11 is 1.91. The fraction of sp³-hybridized carbons (Fsp3) is 0.436. The molecule has 1 fully saturated rings. The second kappa shape index (κ2) is 18.8. The molecule has 0 spiro atoms. The molecule has 2 unspecified atom stereocenters. The smallest absolute Gasteiger partial charge is 0.398 e. The third-order valence-corrected chi connectivity index (χ3v) is 9.36. The lowest BCUT2D eigenvalue weighted by atomic mass is 9.90. The molecule has 2 heterocycles. The van der Waals surface area contributed by atoms with Crippen LogP contribution in [0.2, 0.25) is 0 Å². The number of aromatic nitrogens is 1. The van der Waals surface area contributed by atoms with E-state index in [1.165, 1.54) is 30.5 Å². The number of hydrogen-bond acceptors (Lipinski definition) is 6. The SMILES string of the molecule is CC=N/C(C)=C(C(=C\CCC)/c1ccc(C(F)(F)F)cc1)\C(N)=C(/C)CC.Cc1noc(-c2ccccc2)c1CSCC1CCC(C)O1. The summed E-state index contributed by atoms with van der Waals surface area (Å²) in [5.41, 5.74) is 13.7. The van der Waals surface area contributed by atoms with E-state index in [-0.39, 0.29) is 0 Å². The molecule has 260 valence electrons. The minimum atomic E-state index is -4.36. The Hall–Kier alpha value is -3.56. The number of rotatable bonds is 12. The third-order valence-electron chi connectivity index (χ3n) is 8.26. The van der Waals surface area contributed by atoms with Crippen molar-refractivity contribution in [1.29, 1.82) is 0 Å². The van der Waals surface area contributed by atoms with Crippen LogP contribution in [-0.4, -0.2) is 29.3 Å². The highest BCUT2D eigenvalue weighted by Crippen LogP contribution is 2.35. The Bertz CT molecular complexity index is 1570. The van der Waals surface area contributed by atoms with Crippen LogP contribution in [0, 0.1) is 6.92 Å². The van der Waals surface area contributed by atoms with Crippen molar-refractivity contribution in [3.05, 3.63) is 106 Å². The Morgan fingerprint density at radius 1 is 1.06 bits per heavy atom. The zero-order chi connectivity index (χ0) is 35.3. The molecule has 48 heavy (non-hydrogen) atoms. The molecule has 2 atom stereocenters. The molecular weight excluding hydrogens is 632 g/mol. The van der Waals surface area contributed by atoms with E-state index in [4.69, 9.17) is 15.0 Å². The van der Waals surface area contributed by atoms with Gasteiger partial charge in [-0.05, 0) is 89.1 Å². The maximum absolute atomic E-state index is 12.9. The van der Waals surface area contributed by atoms with Gasteiger partial charge in [0.2, 0.25) is 0 Å². The van der Waals surface area contributed by atoms with Crippen LogP contribution in [0.3, 0.4) is 0 Å². The molecule has 3 aromatic rings. The van der Waals surface area contributed by atoms with E-state index in [0.29, 0.717) is 23.5 Å². The highest BCUT2D eigenvalue weighted by Gasteiger charge is 2.30. The lowest BCUT2D eigenvalue weighted by Gasteiger charge is -2.18. The third kappa shape index (κ3) is 11.0. The minimum absolute atomic E-state index is 0.408. The van der Waals surface area contributed by atoms with Crippen LogP contribution in [0.15, 0.2) is 92.7 Å². The van der Waals surface area contributed by atoms with Gasteiger partial charge in [0.25, 0.3) is 0 Å². The first kappa shape index (κ1) is 38.9. The van der Waals surface area contributed by atoms with Crippen LogP contribution in [0.4, 0.5) is 13.2 Å². The van der Waals surface area contributed by atoms with Crippen LogP contribution in [0.5, 0.6) is 0 Å². The number of hydrogen-bond donors (Lipinski definition) is 1. The number of unbranched alkanes of at least 4 members (excludes halogenated alkanes) is 1. The highest BCUT2D eigenvalue weighted by atomic mass is 32.2. The summed E-state index contributed by atoms with van der Waals surface area (Å²) in [7, 11) is 0. The summed E-state index contributed by atoms with van der Waals surface area (Å²) < 4.78 is 50.2. The summed E-state index contributed by atoms with van der Waals surface area (Å²) in [5, 5.41) is 4.14. The molecule has 4 rings (SSSR count). The standard InChI is InChI=1S/C22H29F3N2.C17H21NO2S/c1-6-9-10-19(17-11-13-18(14-12-17)22(23,24)25)20(16(5)27-8-3)21(26)15(4)7-2;1-12-8-9-15(19-12)10-21-11-16-13(2)18-20-17(16)14-6-4-3-5-7-14/h8,10-14H,6-7,9,26H2,1-5H3;3-7,12,15H,8-11H2,1-2H3/b19-10-,20-16-,21-15-,27-8?;. The van der Waals surface area contributed by atoms with E-state index in [1.54, 1.807) is 6.21 Å². The van der Waals surface area contributed by atoms with Crippen molar-refractivity contribution in [3.63, 3.8) is 0 Å². The van der Waals surface area contributed by atoms with Gasteiger partial charge in [-0.2, -0.15) is 24.9 Å². The van der Waals surface area contributed by atoms with Crippen LogP contribution in [0.25, 0.3) is 16.9 Å². The lowest BCUT2D eigenvalue weighted by Crippen LogP contribution is -2.11. The summed E-state index contributed by atoms with van der Waals surface area (Å²) in [6.45, 7) is 13.9. The maximum atomic E-state index is 12.9. The fourth-order valence-electron chi connectivity index (χ4n) is 5.36. The monoisotopic (exact) mass is 681 g/mol. The molecule has 0 saturated carbocycles.